The van der Waals surface area contributed by atoms with Crippen LogP contribution in [-0.4, -0.2) is 32.1 Å². The number of pyridine rings is 1. The minimum Gasteiger partial charge on any atom is -0.326 e. The molecule has 3 rings (SSSR count). The molecule has 1 heterocycles. The minimum absolute atomic E-state index is 0.138. The molecule has 0 saturated heterocycles. The molecule has 0 aliphatic heterocycles. The molecule has 6 nitrogen and oxygen atoms in total. The molecule has 0 fully saturated rings. The number of benzene rings is 2. The molecule has 1 amide bonds. The number of nitrogens with one attached hydrogen (secondary N) is 1. The second-order valence-electron chi connectivity index (χ2n) is 7.98. The van der Waals surface area contributed by atoms with Crippen LogP contribution in [0.2, 0.25) is 0 Å². The lowest BCUT2D eigenvalue weighted by Gasteiger charge is -2.23. The summed E-state index contributed by atoms with van der Waals surface area (Å²) in [6.07, 6.45) is 6.19. The van der Waals surface area contributed by atoms with Crippen LogP contribution in [-0.2, 0) is 21.2 Å². The zero-order chi connectivity index (χ0) is 23.1. The van der Waals surface area contributed by atoms with E-state index in [1.807, 2.05) is 62.4 Å². The van der Waals surface area contributed by atoms with Crippen LogP contribution in [0.3, 0.4) is 0 Å². The van der Waals surface area contributed by atoms with Crippen molar-refractivity contribution in [1.82, 2.24) is 4.98 Å². The maximum Gasteiger partial charge on any atom is 0.232 e. The average molecular weight is 452 g/mol. The fourth-order valence-corrected chi connectivity index (χ4v) is 4.37. The van der Waals surface area contributed by atoms with Crippen LogP contribution in [0, 0.1) is 13.8 Å². The van der Waals surface area contributed by atoms with Crippen molar-refractivity contribution < 1.29 is 13.2 Å². The number of aromatic nitrogens is 1. The van der Waals surface area contributed by atoms with Crippen molar-refractivity contribution in [2.24, 2.45) is 0 Å². The summed E-state index contributed by atoms with van der Waals surface area (Å²) in [7, 11) is -3.44. The third-order valence-corrected chi connectivity index (χ3v) is 6.53. The van der Waals surface area contributed by atoms with E-state index in [-0.39, 0.29) is 18.9 Å². The number of carbonyl (C=O) groups excluding carboxylic acids is 1. The van der Waals surface area contributed by atoms with E-state index in [0.29, 0.717) is 12.1 Å². The first-order valence-corrected chi connectivity index (χ1v) is 12.4. The van der Waals surface area contributed by atoms with E-state index >= 15 is 0 Å². The van der Waals surface area contributed by atoms with Gasteiger partial charge in [0.25, 0.3) is 0 Å². The number of hydrogen-bond donors (Lipinski definition) is 1. The van der Waals surface area contributed by atoms with Crippen molar-refractivity contribution in [2.45, 2.75) is 33.1 Å². The fraction of sp³-hybridized carbons (Fsp3) is 0.280. The molecule has 168 valence electrons. The van der Waals surface area contributed by atoms with Crippen LogP contribution < -0.4 is 9.62 Å². The third-order valence-electron chi connectivity index (χ3n) is 5.34. The molecule has 2 aromatic carbocycles. The normalized spacial score (nSPS) is 11.2. The number of amides is 1. The number of hydrogen-bond acceptors (Lipinski definition) is 4. The molecule has 0 radical (unpaired) electrons. The van der Waals surface area contributed by atoms with E-state index in [4.69, 9.17) is 0 Å². The summed E-state index contributed by atoms with van der Waals surface area (Å²) in [6.45, 7) is 4.19. The van der Waals surface area contributed by atoms with E-state index < -0.39 is 10.0 Å². The lowest BCUT2D eigenvalue weighted by molar-refractivity contribution is -0.116. The molecule has 3 aromatic rings. The zero-order valence-corrected chi connectivity index (χ0v) is 19.5. The Morgan fingerprint density at radius 1 is 0.938 bits per heavy atom. The highest BCUT2D eigenvalue weighted by atomic mass is 32.2. The first kappa shape index (κ1) is 23.5. The van der Waals surface area contributed by atoms with Gasteiger partial charge in [0.1, 0.15) is 0 Å². The Balaban J connectivity index is 1.53. The number of sulfonamides is 1. The molecule has 0 aliphatic rings. The Bertz CT molecular complexity index is 1160. The summed E-state index contributed by atoms with van der Waals surface area (Å²) in [5.74, 6) is -0.138. The highest BCUT2D eigenvalue weighted by Crippen LogP contribution is 2.22. The largest absolute Gasteiger partial charge is 0.326 e. The van der Waals surface area contributed by atoms with Crippen molar-refractivity contribution >= 4 is 27.3 Å². The van der Waals surface area contributed by atoms with Crippen molar-refractivity contribution in [3.63, 3.8) is 0 Å². The van der Waals surface area contributed by atoms with Gasteiger partial charge in [0.2, 0.25) is 15.9 Å². The van der Waals surface area contributed by atoms with Gasteiger partial charge in [-0.2, -0.15) is 0 Å². The molecule has 1 N–H and O–H groups in total. The van der Waals surface area contributed by atoms with Gasteiger partial charge in [0.15, 0.2) is 0 Å². The Hall–Kier alpha value is -3.19. The quantitative estimate of drug-likeness (QED) is 0.520. The summed E-state index contributed by atoms with van der Waals surface area (Å²) in [4.78, 5) is 16.4. The van der Waals surface area contributed by atoms with Gasteiger partial charge in [-0.05, 0) is 85.3 Å². The fourth-order valence-electron chi connectivity index (χ4n) is 3.42. The highest BCUT2D eigenvalue weighted by molar-refractivity contribution is 7.92. The van der Waals surface area contributed by atoms with E-state index in [2.05, 4.69) is 10.3 Å². The van der Waals surface area contributed by atoms with Crippen LogP contribution in [0.15, 0.2) is 67.0 Å². The van der Waals surface area contributed by atoms with Crippen molar-refractivity contribution in [3.8, 4) is 0 Å². The topological polar surface area (TPSA) is 79.4 Å². The highest BCUT2D eigenvalue weighted by Gasteiger charge is 2.18. The van der Waals surface area contributed by atoms with E-state index in [0.717, 1.165) is 28.8 Å². The molecule has 1 aromatic heterocycles. The number of rotatable bonds is 9. The molecule has 0 unspecified atom stereocenters. The van der Waals surface area contributed by atoms with Crippen LogP contribution in [0.25, 0.3) is 0 Å². The maximum absolute atomic E-state index is 12.4. The summed E-state index contributed by atoms with van der Waals surface area (Å²) < 4.78 is 25.9. The van der Waals surface area contributed by atoms with Gasteiger partial charge in [-0.3, -0.25) is 14.1 Å². The predicted molar refractivity (Wildman–Crippen MR) is 129 cm³/mol. The second-order valence-corrected chi connectivity index (χ2v) is 9.89. The Labute approximate surface area is 190 Å². The van der Waals surface area contributed by atoms with Gasteiger partial charge in [0, 0.05) is 31.0 Å². The smallest absolute Gasteiger partial charge is 0.232 e. The zero-order valence-electron chi connectivity index (χ0n) is 18.7. The first-order chi connectivity index (χ1) is 15.2. The second kappa shape index (κ2) is 10.4. The van der Waals surface area contributed by atoms with E-state index in [9.17, 15) is 13.2 Å². The molecule has 0 spiro atoms. The Morgan fingerprint density at radius 2 is 1.59 bits per heavy atom. The average Bonchev–Trinajstić information content (AvgIpc) is 2.75. The Kier molecular flexibility index (Phi) is 7.64. The van der Waals surface area contributed by atoms with Gasteiger partial charge >= 0.3 is 0 Å². The lowest BCUT2D eigenvalue weighted by atomic mass is 10.1. The summed E-state index contributed by atoms with van der Waals surface area (Å²) >= 11 is 0. The van der Waals surface area contributed by atoms with Crippen LogP contribution >= 0.6 is 0 Å². The molecule has 0 saturated carbocycles. The van der Waals surface area contributed by atoms with Gasteiger partial charge < -0.3 is 5.32 Å². The number of anilines is 2. The van der Waals surface area contributed by atoms with Crippen LogP contribution in [0.5, 0.6) is 0 Å². The monoisotopic (exact) mass is 451 g/mol. The van der Waals surface area contributed by atoms with Gasteiger partial charge in [0.05, 0.1) is 11.9 Å². The van der Waals surface area contributed by atoms with Gasteiger partial charge in [-0.15, -0.1) is 0 Å². The minimum atomic E-state index is -3.44. The van der Waals surface area contributed by atoms with E-state index in [1.165, 1.54) is 16.1 Å². The Morgan fingerprint density at radius 3 is 2.22 bits per heavy atom. The first-order valence-electron chi connectivity index (χ1n) is 10.5. The molecule has 0 aliphatic carbocycles. The maximum atomic E-state index is 12.4. The molecular formula is C25H29N3O3S. The molecule has 0 bridgehead atoms. The predicted octanol–water partition coefficient (Wildman–Crippen LogP) is 4.47. The SMILES string of the molecule is Cc1ccc(N(CCCC(=O)Nc2ccc(Cc3ccncc3)cc2)S(C)(=O)=O)cc1C. The van der Waals surface area contributed by atoms with Crippen molar-refractivity contribution in [3.05, 3.63) is 89.2 Å². The van der Waals surface area contributed by atoms with Gasteiger partial charge in [-0.25, -0.2) is 8.42 Å². The number of nitrogens with zero attached hydrogens (tertiary/aromatic N) is 2. The summed E-state index contributed by atoms with van der Waals surface area (Å²) in [5, 5.41) is 2.88. The van der Waals surface area contributed by atoms with E-state index in [1.54, 1.807) is 18.5 Å². The summed E-state index contributed by atoms with van der Waals surface area (Å²) in [6, 6.07) is 17.3. The molecule has 0 atom stereocenters. The van der Waals surface area contributed by atoms with Crippen LogP contribution in [0.1, 0.15) is 35.1 Å². The summed E-state index contributed by atoms with van der Waals surface area (Å²) in [5.41, 5.74) is 5.81. The molecular weight excluding hydrogens is 422 g/mol. The number of carbonyl (C=O) groups is 1. The molecule has 32 heavy (non-hydrogen) atoms. The standard InChI is InChI=1S/C25H29N3O3S/c1-19-6-11-24(17-20(19)2)28(32(3,30)31)16-4-5-25(29)27-23-9-7-21(8-10-23)18-22-12-14-26-15-13-22/h6-15,17H,4-5,16,18H2,1-3H3,(H,27,29). The third kappa shape index (κ3) is 6.65. The van der Waals surface area contributed by atoms with Crippen LogP contribution in [0.4, 0.5) is 11.4 Å². The van der Waals surface area contributed by atoms with Crippen molar-refractivity contribution in [1.29, 1.82) is 0 Å². The van der Waals surface area contributed by atoms with Gasteiger partial charge in [-0.1, -0.05) is 18.2 Å². The number of aryl methyl sites for hydroxylation is 2. The molecule has 7 heteroatoms. The van der Waals surface area contributed by atoms with Crippen molar-refractivity contribution in [2.75, 3.05) is 22.4 Å². The lowest BCUT2D eigenvalue weighted by Crippen LogP contribution is -2.31.